The van der Waals surface area contributed by atoms with Crippen molar-refractivity contribution in [2.24, 2.45) is 4.99 Å². The van der Waals surface area contributed by atoms with Crippen molar-refractivity contribution in [1.82, 2.24) is 10.6 Å². The van der Waals surface area contributed by atoms with Crippen molar-refractivity contribution in [2.75, 3.05) is 19.3 Å². The molecule has 2 unspecified atom stereocenters. The van der Waals surface area contributed by atoms with Crippen LogP contribution in [0.25, 0.3) is 0 Å². The fourth-order valence-electron chi connectivity index (χ4n) is 2.49. The Bertz CT molecular complexity index is 704. The van der Waals surface area contributed by atoms with Crippen LogP contribution in [0, 0.1) is 6.92 Å². The second kappa shape index (κ2) is 12.5. The van der Waals surface area contributed by atoms with Gasteiger partial charge in [-0.05, 0) is 31.5 Å². The lowest BCUT2D eigenvalue weighted by atomic mass is 10.2. The Labute approximate surface area is 180 Å². The van der Waals surface area contributed by atoms with Gasteiger partial charge >= 0.3 is 0 Å². The second-order valence-electron chi connectivity index (χ2n) is 6.03. The summed E-state index contributed by atoms with van der Waals surface area (Å²) in [5.41, 5.74) is 1.11. The van der Waals surface area contributed by atoms with Crippen LogP contribution in [0.2, 0.25) is 0 Å². The van der Waals surface area contributed by atoms with Crippen molar-refractivity contribution in [3.05, 3.63) is 57.8 Å². The van der Waals surface area contributed by atoms with Crippen LogP contribution in [0.4, 0.5) is 0 Å². The average Bonchev–Trinajstić information content (AvgIpc) is 2.99. The van der Waals surface area contributed by atoms with Gasteiger partial charge in [0.05, 0.1) is 0 Å². The number of rotatable bonds is 8. The molecule has 0 saturated carbocycles. The highest BCUT2D eigenvalue weighted by Crippen LogP contribution is 2.16. The van der Waals surface area contributed by atoms with Gasteiger partial charge in [-0.15, -0.1) is 35.3 Å². The quantitative estimate of drug-likeness (QED) is 0.327. The van der Waals surface area contributed by atoms with Gasteiger partial charge < -0.3 is 10.6 Å². The smallest absolute Gasteiger partial charge is 0.191 e. The maximum atomic E-state index is 12.2. The highest BCUT2D eigenvalue weighted by atomic mass is 127. The van der Waals surface area contributed by atoms with E-state index < -0.39 is 10.8 Å². The predicted octanol–water partition coefficient (Wildman–Crippen LogP) is 3.72. The number of nitrogens with one attached hydrogen (secondary N) is 2. The van der Waals surface area contributed by atoms with Crippen LogP contribution in [-0.2, 0) is 23.0 Å². The largest absolute Gasteiger partial charge is 0.355 e. The standard InChI is InChI=1S/C19H27N3OS2.HI/c1-15(13-18-10-9-16(2)24-18)22-19(20-3)21-11-12-25(23)14-17-7-5-4-6-8-17;/h4-10,15H,11-14H2,1-3H3,(H2,20,21,22);1H. The molecule has 2 aromatic rings. The molecule has 0 aliphatic carbocycles. The molecule has 0 saturated heterocycles. The Morgan fingerprint density at radius 3 is 2.58 bits per heavy atom. The Morgan fingerprint density at radius 1 is 1.23 bits per heavy atom. The van der Waals surface area contributed by atoms with Gasteiger partial charge in [-0.1, -0.05) is 30.3 Å². The molecule has 0 aliphatic rings. The average molecular weight is 505 g/mol. The van der Waals surface area contributed by atoms with Crippen molar-refractivity contribution in [2.45, 2.75) is 32.1 Å². The van der Waals surface area contributed by atoms with Crippen LogP contribution in [0.3, 0.4) is 0 Å². The first-order valence-corrected chi connectivity index (χ1v) is 10.8. The summed E-state index contributed by atoms with van der Waals surface area (Å²) in [6, 6.07) is 14.6. The first-order chi connectivity index (χ1) is 12.1. The summed E-state index contributed by atoms with van der Waals surface area (Å²) in [6.45, 7) is 4.92. The van der Waals surface area contributed by atoms with E-state index in [1.807, 2.05) is 41.7 Å². The zero-order chi connectivity index (χ0) is 18.1. The van der Waals surface area contributed by atoms with Crippen LogP contribution < -0.4 is 10.6 Å². The maximum Gasteiger partial charge on any atom is 0.191 e. The van der Waals surface area contributed by atoms with E-state index in [9.17, 15) is 4.21 Å². The molecular formula is C19H28IN3OS2. The van der Waals surface area contributed by atoms with E-state index >= 15 is 0 Å². The third kappa shape index (κ3) is 8.64. The van der Waals surface area contributed by atoms with Crippen LogP contribution in [0.15, 0.2) is 47.5 Å². The molecule has 1 aromatic carbocycles. The summed E-state index contributed by atoms with van der Waals surface area (Å²) in [6.07, 6.45) is 0.971. The molecular weight excluding hydrogens is 477 g/mol. The van der Waals surface area contributed by atoms with E-state index in [1.165, 1.54) is 9.75 Å². The first kappa shape index (κ1) is 23.1. The van der Waals surface area contributed by atoms with Crippen molar-refractivity contribution < 1.29 is 4.21 Å². The molecule has 0 aliphatic heterocycles. The molecule has 0 spiro atoms. The molecule has 4 nitrogen and oxygen atoms in total. The van der Waals surface area contributed by atoms with Crippen molar-refractivity contribution >= 4 is 52.1 Å². The number of hydrogen-bond donors (Lipinski definition) is 2. The summed E-state index contributed by atoms with van der Waals surface area (Å²) in [5, 5.41) is 6.65. The summed E-state index contributed by atoms with van der Waals surface area (Å²) in [5.74, 6) is 1.97. The summed E-state index contributed by atoms with van der Waals surface area (Å²) >= 11 is 1.83. The molecule has 7 heteroatoms. The number of nitrogens with zero attached hydrogens (tertiary/aromatic N) is 1. The molecule has 0 bridgehead atoms. The Morgan fingerprint density at radius 2 is 1.96 bits per heavy atom. The topological polar surface area (TPSA) is 53.5 Å². The number of halogens is 1. The summed E-state index contributed by atoms with van der Waals surface area (Å²) in [4.78, 5) is 6.97. The van der Waals surface area contributed by atoms with Crippen LogP contribution in [0.5, 0.6) is 0 Å². The summed E-state index contributed by atoms with van der Waals surface area (Å²) in [7, 11) is 0.888. The number of thiophene rings is 1. The monoisotopic (exact) mass is 505 g/mol. The number of aliphatic imine (C=N–C) groups is 1. The molecule has 0 radical (unpaired) electrons. The maximum absolute atomic E-state index is 12.2. The Kier molecular flexibility index (Phi) is 11.1. The van der Waals surface area contributed by atoms with Gasteiger partial charge in [0.2, 0.25) is 0 Å². The van der Waals surface area contributed by atoms with E-state index in [0.717, 1.165) is 17.9 Å². The summed E-state index contributed by atoms with van der Waals surface area (Å²) < 4.78 is 12.2. The van der Waals surface area contributed by atoms with Crippen LogP contribution in [0.1, 0.15) is 22.2 Å². The van der Waals surface area contributed by atoms with E-state index in [1.54, 1.807) is 7.05 Å². The van der Waals surface area contributed by atoms with Crippen LogP contribution in [-0.4, -0.2) is 35.6 Å². The SMILES string of the molecule is CN=C(NCCS(=O)Cc1ccccc1)NC(C)Cc1ccc(C)s1.I. The van der Waals surface area contributed by atoms with Gasteiger partial charge in [0, 0.05) is 58.1 Å². The molecule has 1 aromatic heterocycles. The second-order valence-corrected chi connectivity index (χ2v) is 8.98. The number of aryl methyl sites for hydroxylation is 1. The lowest BCUT2D eigenvalue weighted by molar-refractivity contribution is 0.647. The normalized spacial score (nSPS) is 13.6. The molecule has 0 fully saturated rings. The van der Waals surface area contributed by atoms with Gasteiger partial charge in [0.1, 0.15) is 0 Å². The molecule has 2 N–H and O–H groups in total. The molecule has 144 valence electrons. The number of benzene rings is 1. The van der Waals surface area contributed by atoms with Crippen molar-refractivity contribution in [1.29, 1.82) is 0 Å². The predicted molar refractivity (Wildman–Crippen MR) is 125 cm³/mol. The van der Waals surface area contributed by atoms with Gasteiger partial charge in [0.15, 0.2) is 5.96 Å². The third-order valence-electron chi connectivity index (χ3n) is 3.70. The van der Waals surface area contributed by atoms with Gasteiger partial charge in [-0.2, -0.15) is 0 Å². The molecule has 1 heterocycles. The minimum absolute atomic E-state index is 0. The molecule has 26 heavy (non-hydrogen) atoms. The fraction of sp³-hybridized carbons (Fsp3) is 0.421. The lowest BCUT2D eigenvalue weighted by Crippen LogP contribution is -2.44. The Hall–Kier alpha value is -0.930. The minimum Gasteiger partial charge on any atom is -0.355 e. The first-order valence-electron chi connectivity index (χ1n) is 8.48. The van der Waals surface area contributed by atoms with Gasteiger partial charge in [-0.3, -0.25) is 9.20 Å². The van der Waals surface area contributed by atoms with E-state index in [-0.39, 0.29) is 24.0 Å². The van der Waals surface area contributed by atoms with Gasteiger partial charge in [-0.25, -0.2) is 0 Å². The lowest BCUT2D eigenvalue weighted by Gasteiger charge is -2.17. The van der Waals surface area contributed by atoms with Gasteiger partial charge in [0.25, 0.3) is 0 Å². The highest BCUT2D eigenvalue weighted by Gasteiger charge is 2.08. The highest BCUT2D eigenvalue weighted by molar-refractivity contribution is 14.0. The Balaban J connectivity index is 0.00000338. The zero-order valence-corrected chi connectivity index (χ0v) is 19.5. The zero-order valence-electron chi connectivity index (χ0n) is 15.5. The van der Waals surface area contributed by atoms with E-state index in [0.29, 0.717) is 24.1 Å². The number of guanidine groups is 1. The molecule has 0 amide bonds. The third-order valence-corrected chi connectivity index (χ3v) is 6.04. The van der Waals surface area contributed by atoms with E-state index in [4.69, 9.17) is 0 Å². The van der Waals surface area contributed by atoms with Crippen molar-refractivity contribution in [3.8, 4) is 0 Å². The molecule has 2 atom stereocenters. The minimum atomic E-state index is -0.874. The number of hydrogen-bond acceptors (Lipinski definition) is 3. The molecule has 2 rings (SSSR count). The fourth-order valence-corrected chi connectivity index (χ4v) is 4.55. The van der Waals surface area contributed by atoms with E-state index in [2.05, 4.69) is 41.6 Å². The van der Waals surface area contributed by atoms with Crippen molar-refractivity contribution in [3.63, 3.8) is 0 Å². The van der Waals surface area contributed by atoms with Crippen LogP contribution >= 0.6 is 35.3 Å².